The smallest absolute Gasteiger partial charge is 0.410 e. The molecule has 7 nitrogen and oxygen atoms in total. The number of amides is 3. The number of nitrogens with one attached hydrogen (secondary N) is 1. The number of nitrogens with zero attached hydrogens (tertiary/aromatic N) is 2. The van der Waals surface area contributed by atoms with Crippen LogP contribution in [0.15, 0.2) is 24.3 Å². The van der Waals surface area contributed by atoms with E-state index >= 15 is 0 Å². The number of carbonyl (C=O) groups excluding carboxylic acids is 3. The van der Waals surface area contributed by atoms with Crippen LogP contribution in [-0.2, 0) is 14.3 Å². The Hall–Kier alpha value is -2.28. The monoisotopic (exact) mass is 449 g/mol. The van der Waals surface area contributed by atoms with E-state index in [9.17, 15) is 14.4 Å². The van der Waals surface area contributed by atoms with Gasteiger partial charge in [0.05, 0.1) is 6.04 Å². The fourth-order valence-electron chi connectivity index (χ4n) is 4.27. The maximum Gasteiger partial charge on any atom is 0.410 e. The van der Waals surface area contributed by atoms with Gasteiger partial charge in [-0.05, 0) is 58.1 Å². The number of hydrogen-bond donors (Lipinski definition) is 1. The first-order chi connectivity index (χ1) is 14.7. The number of hydrogen-bond acceptors (Lipinski definition) is 4. The summed E-state index contributed by atoms with van der Waals surface area (Å²) in [5.41, 5.74) is 0.360. The van der Waals surface area contributed by atoms with E-state index in [4.69, 9.17) is 16.3 Å². The summed E-state index contributed by atoms with van der Waals surface area (Å²) in [6, 6.07) is 7.05. The molecule has 0 unspecified atom stereocenters. The van der Waals surface area contributed by atoms with Crippen molar-refractivity contribution in [1.82, 2.24) is 15.1 Å². The lowest BCUT2D eigenvalue weighted by Crippen LogP contribution is -2.48. The number of benzene rings is 1. The van der Waals surface area contributed by atoms with Crippen LogP contribution in [0.4, 0.5) is 4.79 Å². The van der Waals surface area contributed by atoms with Crippen molar-refractivity contribution in [1.29, 1.82) is 0 Å². The summed E-state index contributed by atoms with van der Waals surface area (Å²) in [6.45, 7) is 6.83. The van der Waals surface area contributed by atoms with Crippen molar-refractivity contribution < 1.29 is 19.1 Å². The lowest BCUT2D eigenvalue weighted by molar-refractivity contribution is -0.132. The number of ether oxygens (including phenoxy) is 1. The molecule has 3 amide bonds. The molecule has 1 N–H and O–H groups in total. The molecule has 31 heavy (non-hydrogen) atoms. The summed E-state index contributed by atoms with van der Waals surface area (Å²) < 4.78 is 5.41. The zero-order valence-electron chi connectivity index (χ0n) is 18.5. The molecule has 0 bridgehead atoms. The van der Waals surface area contributed by atoms with Crippen LogP contribution in [0.5, 0.6) is 0 Å². The molecule has 0 radical (unpaired) electrons. The maximum absolute atomic E-state index is 12.8. The Bertz CT molecular complexity index is 823. The Kier molecular flexibility index (Phi) is 7.46. The third-order valence-electron chi connectivity index (χ3n) is 5.66. The van der Waals surface area contributed by atoms with E-state index in [0.717, 1.165) is 24.8 Å². The molecule has 0 spiro atoms. The zero-order valence-corrected chi connectivity index (χ0v) is 19.3. The van der Waals surface area contributed by atoms with E-state index < -0.39 is 17.7 Å². The van der Waals surface area contributed by atoms with Crippen molar-refractivity contribution in [3.05, 3.63) is 34.9 Å². The first-order valence-electron chi connectivity index (χ1n) is 11.0. The third-order valence-corrected chi connectivity index (χ3v) is 6.00. The van der Waals surface area contributed by atoms with Crippen LogP contribution in [-0.4, -0.2) is 59.0 Å². The summed E-state index contributed by atoms with van der Waals surface area (Å²) in [5.74, 6) is -0.238. The Labute approximate surface area is 189 Å². The standard InChI is InChI=1S/C23H32ClN3O4/c1-23(2,3)31-22(30)27-15-7-11-19(27)21(29)25-13-12-20(28)26-14-6-10-18(26)16-8-4-5-9-17(16)24/h4-5,8-9,18-19H,6-7,10-15H2,1-3H3,(H,25,29)/t18-,19-/m1/s1. The first-order valence-corrected chi connectivity index (χ1v) is 11.4. The van der Waals surface area contributed by atoms with Crippen molar-refractivity contribution in [2.45, 2.75) is 70.6 Å². The molecule has 2 heterocycles. The van der Waals surface area contributed by atoms with E-state index in [0.29, 0.717) is 24.5 Å². The lowest BCUT2D eigenvalue weighted by atomic mass is 10.0. The van der Waals surface area contributed by atoms with Crippen molar-refractivity contribution in [3.63, 3.8) is 0 Å². The molecule has 8 heteroatoms. The summed E-state index contributed by atoms with van der Waals surface area (Å²) in [6.07, 6.45) is 2.91. The average molecular weight is 450 g/mol. The fourth-order valence-corrected chi connectivity index (χ4v) is 4.53. The highest BCUT2D eigenvalue weighted by Gasteiger charge is 2.37. The topological polar surface area (TPSA) is 79.0 Å². The number of rotatable bonds is 5. The van der Waals surface area contributed by atoms with Gasteiger partial charge in [0.1, 0.15) is 11.6 Å². The first kappa shape index (κ1) is 23.4. The largest absolute Gasteiger partial charge is 0.444 e. The maximum atomic E-state index is 12.8. The van der Waals surface area contributed by atoms with Crippen LogP contribution in [0.3, 0.4) is 0 Å². The second-order valence-electron chi connectivity index (χ2n) is 9.14. The van der Waals surface area contributed by atoms with Gasteiger partial charge in [0.2, 0.25) is 11.8 Å². The molecule has 0 aliphatic carbocycles. The van der Waals surface area contributed by atoms with Crippen molar-refractivity contribution in [3.8, 4) is 0 Å². The molecule has 0 aromatic heterocycles. The Morgan fingerprint density at radius 2 is 1.77 bits per heavy atom. The number of halogens is 1. The van der Waals surface area contributed by atoms with Gasteiger partial charge >= 0.3 is 6.09 Å². The summed E-state index contributed by atoms with van der Waals surface area (Å²) >= 11 is 6.33. The van der Waals surface area contributed by atoms with Crippen LogP contribution in [0.25, 0.3) is 0 Å². The van der Waals surface area contributed by atoms with Gasteiger partial charge in [-0.2, -0.15) is 0 Å². The molecular weight excluding hydrogens is 418 g/mol. The van der Waals surface area contributed by atoms with Gasteiger partial charge in [-0.1, -0.05) is 29.8 Å². The summed E-state index contributed by atoms with van der Waals surface area (Å²) in [5, 5.41) is 3.50. The van der Waals surface area contributed by atoms with Gasteiger partial charge in [-0.3, -0.25) is 14.5 Å². The quantitative estimate of drug-likeness (QED) is 0.739. The second kappa shape index (κ2) is 9.90. The van der Waals surface area contributed by atoms with Gasteiger partial charge in [-0.15, -0.1) is 0 Å². The molecule has 2 aliphatic heterocycles. The number of likely N-dealkylation sites (tertiary alicyclic amines) is 2. The number of carbonyl (C=O) groups is 3. The van der Waals surface area contributed by atoms with Gasteiger partial charge in [0, 0.05) is 31.1 Å². The molecule has 170 valence electrons. The van der Waals surface area contributed by atoms with Crippen LogP contribution in [0, 0.1) is 0 Å². The van der Waals surface area contributed by atoms with E-state index in [1.165, 1.54) is 4.90 Å². The zero-order chi connectivity index (χ0) is 22.6. The lowest BCUT2D eigenvalue weighted by Gasteiger charge is -2.28. The van der Waals surface area contributed by atoms with E-state index in [-0.39, 0.29) is 30.8 Å². The molecular formula is C23H32ClN3O4. The van der Waals surface area contributed by atoms with Gasteiger partial charge in [-0.25, -0.2) is 4.79 Å². The van der Waals surface area contributed by atoms with Gasteiger partial charge < -0.3 is 15.0 Å². The normalized spacial score (nSPS) is 21.3. The second-order valence-corrected chi connectivity index (χ2v) is 9.55. The predicted octanol–water partition coefficient (Wildman–Crippen LogP) is 3.91. The molecule has 2 atom stereocenters. The predicted molar refractivity (Wildman–Crippen MR) is 119 cm³/mol. The molecule has 2 aliphatic rings. The molecule has 3 rings (SSSR count). The van der Waals surface area contributed by atoms with Crippen molar-refractivity contribution in [2.75, 3.05) is 19.6 Å². The minimum absolute atomic E-state index is 0.00172. The Balaban J connectivity index is 1.51. The minimum Gasteiger partial charge on any atom is -0.444 e. The summed E-state index contributed by atoms with van der Waals surface area (Å²) in [7, 11) is 0. The van der Waals surface area contributed by atoms with Gasteiger partial charge in [0.15, 0.2) is 0 Å². The molecule has 2 saturated heterocycles. The molecule has 2 fully saturated rings. The van der Waals surface area contributed by atoms with Gasteiger partial charge in [0.25, 0.3) is 0 Å². The van der Waals surface area contributed by atoms with Crippen molar-refractivity contribution >= 4 is 29.5 Å². The highest BCUT2D eigenvalue weighted by molar-refractivity contribution is 6.31. The van der Waals surface area contributed by atoms with E-state index in [1.807, 2.05) is 29.2 Å². The van der Waals surface area contributed by atoms with Crippen LogP contribution in [0.1, 0.15) is 64.5 Å². The average Bonchev–Trinajstić information content (AvgIpc) is 3.36. The Morgan fingerprint density at radius 1 is 1.10 bits per heavy atom. The fraction of sp³-hybridized carbons (Fsp3) is 0.609. The highest BCUT2D eigenvalue weighted by Crippen LogP contribution is 2.35. The van der Waals surface area contributed by atoms with E-state index in [1.54, 1.807) is 20.8 Å². The minimum atomic E-state index is -0.610. The SMILES string of the molecule is CC(C)(C)OC(=O)N1CCC[C@@H]1C(=O)NCCC(=O)N1CCC[C@@H]1c1ccccc1Cl. The van der Waals surface area contributed by atoms with Crippen LogP contribution >= 0.6 is 11.6 Å². The summed E-state index contributed by atoms with van der Waals surface area (Å²) in [4.78, 5) is 41.2. The molecule has 1 aromatic carbocycles. The third kappa shape index (κ3) is 5.91. The van der Waals surface area contributed by atoms with Crippen LogP contribution < -0.4 is 5.32 Å². The highest BCUT2D eigenvalue weighted by atomic mass is 35.5. The molecule has 0 saturated carbocycles. The van der Waals surface area contributed by atoms with Crippen molar-refractivity contribution in [2.24, 2.45) is 0 Å². The Morgan fingerprint density at radius 3 is 2.48 bits per heavy atom. The van der Waals surface area contributed by atoms with Crippen LogP contribution in [0.2, 0.25) is 5.02 Å². The van der Waals surface area contributed by atoms with E-state index in [2.05, 4.69) is 5.32 Å². The molecule has 1 aromatic rings.